The molecule has 2 fully saturated rings. The molecule has 0 radical (unpaired) electrons. The number of hydrogen-bond acceptors (Lipinski definition) is 7. The van der Waals surface area contributed by atoms with Crippen LogP contribution in [0.1, 0.15) is 42.5 Å². The molecule has 2 saturated heterocycles. The van der Waals surface area contributed by atoms with Crippen molar-refractivity contribution in [1.29, 1.82) is 0 Å². The summed E-state index contributed by atoms with van der Waals surface area (Å²) in [6.45, 7) is 5.41. The Hall–Kier alpha value is -4.28. The zero-order chi connectivity index (χ0) is 31.9. The van der Waals surface area contributed by atoms with Gasteiger partial charge in [-0.2, -0.15) is 0 Å². The first-order valence-corrected chi connectivity index (χ1v) is 15.5. The van der Waals surface area contributed by atoms with Crippen molar-refractivity contribution in [3.05, 3.63) is 89.5 Å². The van der Waals surface area contributed by atoms with Gasteiger partial charge in [-0.3, -0.25) is 19.2 Å². The molecular weight excluding hydrogens is 574 g/mol. The number of benzene rings is 2. The normalized spacial score (nSPS) is 31.5. The van der Waals surface area contributed by atoms with Crippen LogP contribution in [0.15, 0.2) is 72.8 Å². The SMILES string of the molecule is Cc1ccc(C)c(N2C/C=C\CCC(=O)NC[C@@H](C)OC(=O)[C@@H]3[C@@H]4C=C[C@]5(O4)[C@H](C2=O)N([C@H](CO)c2ccccc2)C(=O)[C@@H]35)c1. The van der Waals surface area contributed by atoms with Crippen LogP contribution < -0.4 is 10.2 Å². The molecule has 0 saturated carbocycles. The number of aliphatic hydroxyl groups is 1. The molecule has 0 unspecified atom stereocenters. The number of amides is 3. The van der Waals surface area contributed by atoms with Crippen molar-refractivity contribution in [3.63, 3.8) is 0 Å². The van der Waals surface area contributed by atoms with Crippen molar-refractivity contribution < 1.29 is 33.8 Å². The lowest BCUT2D eigenvalue weighted by Gasteiger charge is -2.39. The molecule has 0 aromatic heterocycles. The van der Waals surface area contributed by atoms with Crippen LogP contribution in [0.25, 0.3) is 0 Å². The van der Waals surface area contributed by atoms with Crippen molar-refractivity contribution >= 4 is 29.4 Å². The van der Waals surface area contributed by atoms with Crippen LogP contribution in [0.3, 0.4) is 0 Å². The molecule has 5 bridgehead atoms. The molecule has 45 heavy (non-hydrogen) atoms. The summed E-state index contributed by atoms with van der Waals surface area (Å²) >= 11 is 0. The first kappa shape index (κ1) is 30.7. The molecule has 1 spiro atoms. The van der Waals surface area contributed by atoms with Gasteiger partial charge in [0.05, 0.1) is 31.2 Å². The Kier molecular flexibility index (Phi) is 8.37. The third-order valence-electron chi connectivity index (χ3n) is 9.33. The molecule has 2 aromatic carbocycles. The Morgan fingerprint density at radius 1 is 1.04 bits per heavy atom. The van der Waals surface area contributed by atoms with Gasteiger partial charge in [0.25, 0.3) is 5.91 Å². The maximum atomic E-state index is 15.1. The van der Waals surface area contributed by atoms with E-state index in [1.165, 1.54) is 4.90 Å². The number of aryl methyl sites for hydroxylation is 2. The number of esters is 1. The van der Waals surface area contributed by atoms with E-state index in [2.05, 4.69) is 5.32 Å². The molecule has 3 amide bonds. The lowest BCUT2D eigenvalue weighted by atomic mass is 9.74. The number of fused-ring (bicyclic) bond motifs is 2. The number of hydrogen-bond donors (Lipinski definition) is 2. The second-order valence-corrected chi connectivity index (χ2v) is 12.4. The molecule has 0 aliphatic carbocycles. The topological polar surface area (TPSA) is 125 Å². The second kappa shape index (κ2) is 12.3. The highest BCUT2D eigenvalue weighted by Gasteiger charge is 2.74. The van der Waals surface area contributed by atoms with E-state index in [4.69, 9.17) is 9.47 Å². The summed E-state index contributed by atoms with van der Waals surface area (Å²) < 4.78 is 12.3. The fourth-order valence-electron chi connectivity index (χ4n) is 7.16. The quantitative estimate of drug-likeness (QED) is 0.401. The van der Waals surface area contributed by atoms with Crippen molar-refractivity contribution in [2.45, 2.75) is 63.5 Å². The summed E-state index contributed by atoms with van der Waals surface area (Å²) in [5.41, 5.74) is 1.70. The Balaban J connectivity index is 1.51. The number of ether oxygens (including phenoxy) is 2. The molecule has 4 aliphatic rings. The lowest BCUT2D eigenvalue weighted by molar-refractivity contribution is -0.159. The summed E-state index contributed by atoms with van der Waals surface area (Å²) in [7, 11) is 0. The number of carbonyl (C=O) groups is 4. The Morgan fingerprint density at radius 2 is 1.82 bits per heavy atom. The summed E-state index contributed by atoms with van der Waals surface area (Å²) in [4.78, 5) is 59.0. The van der Waals surface area contributed by atoms with Gasteiger partial charge in [0, 0.05) is 18.7 Å². The third-order valence-corrected chi connectivity index (χ3v) is 9.33. The van der Waals surface area contributed by atoms with E-state index >= 15 is 4.79 Å². The Labute approximate surface area is 262 Å². The van der Waals surface area contributed by atoms with Gasteiger partial charge in [-0.1, -0.05) is 66.8 Å². The molecule has 4 aliphatic heterocycles. The minimum Gasteiger partial charge on any atom is -0.460 e. The van der Waals surface area contributed by atoms with Crippen LogP contribution in [0.5, 0.6) is 0 Å². The van der Waals surface area contributed by atoms with Gasteiger partial charge in [0.15, 0.2) is 0 Å². The van der Waals surface area contributed by atoms with E-state index < -0.39 is 66.1 Å². The van der Waals surface area contributed by atoms with Gasteiger partial charge in [-0.25, -0.2) is 0 Å². The number of carbonyl (C=O) groups excluding carboxylic acids is 4. The minimum atomic E-state index is -1.45. The first-order valence-electron chi connectivity index (χ1n) is 15.5. The molecule has 2 N–H and O–H groups in total. The average molecular weight is 614 g/mol. The van der Waals surface area contributed by atoms with E-state index in [9.17, 15) is 19.5 Å². The molecular formula is C35H39N3O7. The maximum Gasteiger partial charge on any atom is 0.313 e. The number of likely N-dealkylation sites (tertiary alicyclic amines) is 1. The van der Waals surface area contributed by atoms with E-state index in [0.29, 0.717) is 17.7 Å². The molecule has 4 heterocycles. The predicted octanol–water partition coefficient (Wildman–Crippen LogP) is 2.92. The van der Waals surface area contributed by atoms with Crippen LogP contribution in [0.4, 0.5) is 5.69 Å². The highest BCUT2D eigenvalue weighted by molar-refractivity contribution is 6.06. The van der Waals surface area contributed by atoms with E-state index in [1.807, 2.05) is 62.4 Å². The van der Waals surface area contributed by atoms with Crippen LogP contribution in [0.2, 0.25) is 0 Å². The van der Waals surface area contributed by atoms with Crippen molar-refractivity contribution in [1.82, 2.24) is 10.2 Å². The molecule has 2 aromatic rings. The highest BCUT2D eigenvalue weighted by Crippen LogP contribution is 2.57. The largest absolute Gasteiger partial charge is 0.460 e. The zero-order valence-electron chi connectivity index (χ0n) is 25.7. The predicted molar refractivity (Wildman–Crippen MR) is 166 cm³/mol. The number of rotatable bonds is 4. The fourth-order valence-corrected chi connectivity index (χ4v) is 7.16. The summed E-state index contributed by atoms with van der Waals surface area (Å²) in [6, 6.07) is 12.9. The summed E-state index contributed by atoms with van der Waals surface area (Å²) in [6.07, 6.45) is 6.48. The van der Waals surface area contributed by atoms with Gasteiger partial charge >= 0.3 is 5.97 Å². The molecule has 7 atom stereocenters. The first-order chi connectivity index (χ1) is 21.7. The maximum absolute atomic E-state index is 15.1. The van der Waals surface area contributed by atoms with E-state index in [0.717, 1.165) is 11.1 Å². The number of nitrogens with zero attached hydrogens (tertiary/aromatic N) is 2. The van der Waals surface area contributed by atoms with Crippen LogP contribution >= 0.6 is 0 Å². The average Bonchev–Trinajstić information content (AvgIpc) is 3.67. The number of allylic oxidation sites excluding steroid dienone is 1. The number of nitrogens with one attached hydrogen (secondary N) is 1. The molecule has 10 nitrogen and oxygen atoms in total. The third kappa shape index (κ3) is 5.36. The summed E-state index contributed by atoms with van der Waals surface area (Å²) in [5.74, 6) is -3.70. The number of cyclic esters (lactones) is 1. The standard InChI is InChI=1S/C35H39N3O7/c1-21-13-14-22(2)25(18-21)37-17-9-5-8-12-28(40)36-19-23(3)44-34(43)29-27-15-16-35(45-27)30(29)32(41)38(31(35)33(37)42)26(20-39)24-10-6-4-7-11-24/h4-7,9-11,13-16,18,23,26-27,29-31,39H,8,12,17,19-20H2,1-3H3,(H,36,40)/b9-5-/t23-,26-,27+,29-,30-,31+,35-/m1/s1. The van der Waals surface area contributed by atoms with Crippen LogP contribution in [-0.4, -0.2) is 77.2 Å². The minimum absolute atomic E-state index is 0.125. The lowest BCUT2D eigenvalue weighted by Crippen LogP contribution is -2.57. The number of aliphatic hydroxyl groups excluding tert-OH is 1. The number of anilines is 1. The highest BCUT2D eigenvalue weighted by atomic mass is 16.6. The van der Waals surface area contributed by atoms with Crippen molar-refractivity contribution in [2.75, 3.05) is 24.6 Å². The van der Waals surface area contributed by atoms with E-state index in [-0.39, 0.29) is 25.4 Å². The van der Waals surface area contributed by atoms with Gasteiger partial charge in [-0.15, -0.1) is 0 Å². The van der Waals surface area contributed by atoms with E-state index in [1.54, 1.807) is 36.1 Å². The van der Waals surface area contributed by atoms with Gasteiger partial charge < -0.3 is 29.7 Å². The van der Waals surface area contributed by atoms with Crippen LogP contribution in [-0.2, 0) is 28.7 Å². The molecule has 6 rings (SSSR count). The zero-order valence-corrected chi connectivity index (χ0v) is 25.7. The Morgan fingerprint density at radius 3 is 2.58 bits per heavy atom. The van der Waals surface area contributed by atoms with Crippen LogP contribution in [0, 0.1) is 25.7 Å². The fraction of sp³-hybridized carbons (Fsp3) is 0.429. The molecule has 10 heteroatoms. The smallest absolute Gasteiger partial charge is 0.313 e. The summed E-state index contributed by atoms with van der Waals surface area (Å²) in [5, 5.41) is 13.6. The monoisotopic (exact) mass is 613 g/mol. The Bertz CT molecular complexity index is 1560. The molecule has 236 valence electrons. The van der Waals surface area contributed by atoms with Gasteiger partial charge in [0.1, 0.15) is 23.7 Å². The second-order valence-electron chi connectivity index (χ2n) is 12.4. The van der Waals surface area contributed by atoms with Gasteiger partial charge in [0.2, 0.25) is 11.8 Å². The van der Waals surface area contributed by atoms with Crippen molar-refractivity contribution in [3.8, 4) is 0 Å². The van der Waals surface area contributed by atoms with Crippen molar-refractivity contribution in [2.24, 2.45) is 11.8 Å². The van der Waals surface area contributed by atoms with Gasteiger partial charge in [-0.05, 0) is 49.9 Å².